The van der Waals surface area contributed by atoms with Gasteiger partial charge in [-0.25, -0.2) is 0 Å². The van der Waals surface area contributed by atoms with Crippen molar-refractivity contribution in [2.75, 3.05) is 33.4 Å². The molecule has 0 aromatic rings. The van der Waals surface area contributed by atoms with Crippen LogP contribution in [0, 0.1) is 17.8 Å². The highest BCUT2D eigenvalue weighted by Crippen LogP contribution is 2.25. The van der Waals surface area contributed by atoms with Crippen molar-refractivity contribution in [3.05, 3.63) is 0 Å². The zero-order valence-corrected chi connectivity index (χ0v) is 32.4. The normalized spacial score (nSPS) is 16.7. The summed E-state index contributed by atoms with van der Waals surface area (Å²) in [5.74, 6) is 1.72. The lowest BCUT2D eigenvalue weighted by Crippen LogP contribution is -2.37. The van der Waals surface area contributed by atoms with E-state index in [1.807, 2.05) is 0 Å². The number of ether oxygens (including phenoxy) is 2. The Labute approximate surface area is 294 Å². The van der Waals surface area contributed by atoms with E-state index in [2.05, 4.69) is 32.7 Å². The molecule has 1 rings (SSSR count). The third-order valence-corrected chi connectivity index (χ3v) is 10.9. The zero-order chi connectivity index (χ0) is 34.2. The Bertz CT molecular complexity index is 616. The summed E-state index contributed by atoms with van der Waals surface area (Å²) >= 11 is 0. The van der Waals surface area contributed by atoms with Gasteiger partial charge in [0.05, 0.1) is 6.61 Å². The molecule has 1 fully saturated rings. The lowest BCUT2D eigenvalue weighted by molar-refractivity contribution is -0.152. The Hall–Kier alpha value is -0.200. The third-order valence-electron chi connectivity index (χ3n) is 10.9. The number of aliphatic hydroxyl groups is 2. The van der Waals surface area contributed by atoms with Crippen LogP contribution in [0.25, 0.3) is 0 Å². The van der Waals surface area contributed by atoms with Gasteiger partial charge in [0.2, 0.25) is 0 Å². The smallest absolute Gasteiger partial charge is 0.157 e. The minimum absolute atomic E-state index is 0.298. The van der Waals surface area contributed by atoms with Crippen LogP contribution in [-0.4, -0.2) is 61.0 Å². The predicted octanol–water partition coefficient (Wildman–Crippen LogP) is 11.8. The van der Waals surface area contributed by atoms with E-state index in [1.54, 1.807) is 0 Å². The Balaban J connectivity index is 2.18. The van der Waals surface area contributed by atoms with Crippen molar-refractivity contribution in [3.63, 3.8) is 0 Å². The average molecular weight is 668 g/mol. The Morgan fingerprint density at radius 3 is 1.45 bits per heavy atom. The van der Waals surface area contributed by atoms with Gasteiger partial charge in [0.25, 0.3) is 0 Å². The van der Waals surface area contributed by atoms with E-state index in [1.165, 1.54) is 154 Å². The molecule has 0 aliphatic carbocycles. The second-order valence-corrected chi connectivity index (χ2v) is 15.5. The van der Waals surface area contributed by atoms with Crippen LogP contribution in [-0.2, 0) is 9.47 Å². The summed E-state index contributed by atoms with van der Waals surface area (Å²) in [6.45, 7) is 10.4. The molecule has 5 nitrogen and oxygen atoms in total. The lowest BCUT2D eigenvalue weighted by atomic mass is 9.91. The van der Waals surface area contributed by atoms with E-state index in [0.717, 1.165) is 57.7 Å². The number of hydrogen-bond donors (Lipinski definition) is 2. The molecule has 5 heteroatoms. The molecule has 1 aliphatic heterocycles. The molecule has 0 spiro atoms. The zero-order valence-electron chi connectivity index (χ0n) is 32.4. The second kappa shape index (κ2) is 33.0. The van der Waals surface area contributed by atoms with Gasteiger partial charge in [-0.2, -0.15) is 0 Å². The summed E-state index contributed by atoms with van der Waals surface area (Å²) in [6.07, 6.45) is 35.5. The highest BCUT2D eigenvalue weighted by molar-refractivity contribution is 4.72. The van der Waals surface area contributed by atoms with E-state index in [-0.39, 0.29) is 0 Å². The third kappa shape index (κ3) is 27.2. The van der Waals surface area contributed by atoms with Crippen molar-refractivity contribution >= 4 is 0 Å². The van der Waals surface area contributed by atoms with Gasteiger partial charge in [-0.1, -0.05) is 156 Å². The number of nitrogens with zero attached hydrogens (tertiary/aromatic N) is 1. The Morgan fingerprint density at radius 1 is 0.511 bits per heavy atom. The summed E-state index contributed by atoms with van der Waals surface area (Å²) < 4.78 is 11.9. The molecule has 0 aromatic heterocycles. The molecule has 0 saturated carbocycles. The molecule has 1 saturated heterocycles. The number of aliphatic hydroxyl groups excluding tert-OH is 2. The number of piperidine rings is 1. The summed E-state index contributed by atoms with van der Waals surface area (Å²) in [6, 6.07) is 0. The molecule has 1 aliphatic rings. The molecule has 3 atom stereocenters. The van der Waals surface area contributed by atoms with Gasteiger partial charge >= 0.3 is 0 Å². The van der Waals surface area contributed by atoms with E-state index in [4.69, 9.17) is 9.47 Å². The molecule has 1 heterocycles. The number of likely N-dealkylation sites (tertiary alicyclic amines) is 1. The minimum Gasteiger partial charge on any atom is -0.368 e. The van der Waals surface area contributed by atoms with E-state index in [0.29, 0.717) is 18.4 Å². The topological polar surface area (TPSA) is 62.2 Å². The molecule has 0 bridgehead atoms. The number of unbranched alkanes of at least 4 members (excludes halogenated alkanes) is 16. The molecule has 0 amide bonds. The fourth-order valence-corrected chi connectivity index (χ4v) is 7.50. The lowest BCUT2D eigenvalue weighted by Gasteiger charge is -2.32. The predicted molar refractivity (Wildman–Crippen MR) is 203 cm³/mol. The number of rotatable bonds is 35. The van der Waals surface area contributed by atoms with Crippen LogP contribution in [0.2, 0.25) is 0 Å². The monoisotopic (exact) mass is 668 g/mol. The first-order valence-electron chi connectivity index (χ1n) is 21.3. The van der Waals surface area contributed by atoms with Crippen LogP contribution in [0.1, 0.15) is 207 Å². The van der Waals surface area contributed by atoms with Crippen LogP contribution in [0.3, 0.4) is 0 Å². The van der Waals surface area contributed by atoms with Crippen LogP contribution >= 0.6 is 0 Å². The van der Waals surface area contributed by atoms with Crippen molar-refractivity contribution in [1.29, 1.82) is 0 Å². The van der Waals surface area contributed by atoms with Gasteiger partial charge in [-0.05, 0) is 83.3 Å². The molecular weight excluding hydrogens is 582 g/mol. The van der Waals surface area contributed by atoms with E-state index in [9.17, 15) is 10.2 Å². The quantitative estimate of drug-likeness (QED) is 0.0520. The molecule has 0 radical (unpaired) electrons. The summed E-state index contributed by atoms with van der Waals surface area (Å²) in [7, 11) is 2.17. The van der Waals surface area contributed by atoms with Gasteiger partial charge < -0.3 is 24.6 Å². The largest absolute Gasteiger partial charge is 0.368 e. The fourth-order valence-electron chi connectivity index (χ4n) is 7.50. The maximum absolute atomic E-state index is 10.7. The minimum atomic E-state index is -0.591. The molecular formula is C42H85NO4. The standard InChI is InChI=1S/C42H85NO4/c1-5-8-11-12-13-14-17-22-28-39(37-47-42(45)40-32-34-43(4)35-33-40)29-23-18-15-16-19-24-31-41(44)46-36-25-30-38(26-20-9-6-2)27-21-10-7-3/h38-42,44-45H,5-37H2,1-4H3/t39-,41-,42?/m1/s1. The van der Waals surface area contributed by atoms with Gasteiger partial charge in [0.15, 0.2) is 12.6 Å². The average Bonchev–Trinajstić information content (AvgIpc) is 3.07. The Morgan fingerprint density at radius 2 is 0.915 bits per heavy atom. The van der Waals surface area contributed by atoms with Gasteiger partial charge in [-0.3, -0.25) is 0 Å². The molecule has 1 unspecified atom stereocenters. The summed E-state index contributed by atoms with van der Waals surface area (Å²) in [5, 5.41) is 21.1. The van der Waals surface area contributed by atoms with Gasteiger partial charge in [0, 0.05) is 12.5 Å². The van der Waals surface area contributed by atoms with Gasteiger partial charge in [0.1, 0.15) is 0 Å². The summed E-state index contributed by atoms with van der Waals surface area (Å²) in [5.41, 5.74) is 0. The first-order chi connectivity index (χ1) is 23.0. The molecule has 2 N–H and O–H groups in total. The van der Waals surface area contributed by atoms with E-state index < -0.39 is 12.6 Å². The highest BCUT2D eigenvalue weighted by Gasteiger charge is 2.25. The second-order valence-electron chi connectivity index (χ2n) is 15.5. The first kappa shape index (κ1) is 44.8. The molecule has 0 aromatic carbocycles. The fraction of sp³-hybridized carbons (Fsp3) is 1.00. The van der Waals surface area contributed by atoms with Crippen molar-refractivity contribution in [2.45, 2.75) is 220 Å². The Kier molecular flexibility index (Phi) is 31.4. The van der Waals surface area contributed by atoms with Crippen LogP contribution in [0.4, 0.5) is 0 Å². The van der Waals surface area contributed by atoms with Crippen LogP contribution in [0.5, 0.6) is 0 Å². The SMILES string of the molecule is CCCCCCCCCC[C@H](CCCCCCCC[C@H](O)OCCCC(CCCCC)CCCCC)COC(O)C1CCN(C)CC1. The van der Waals surface area contributed by atoms with Crippen molar-refractivity contribution < 1.29 is 19.7 Å². The van der Waals surface area contributed by atoms with Crippen LogP contribution < -0.4 is 0 Å². The number of hydrogen-bond acceptors (Lipinski definition) is 5. The maximum atomic E-state index is 10.7. The highest BCUT2D eigenvalue weighted by atomic mass is 16.6. The molecule has 47 heavy (non-hydrogen) atoms. The van der Waals surface area contributed by atoms with Crippen LogP contribution in [0.15, 0.2) is 0 Å². The maximum Gasteiger partial charge on any atom is 0.157 e. The first-order valence-corrected chi connectivity index (χ1v) is 21.3. The summed E-state index contributed by atoms with van der Waals surface area (Å²) in [4.78, 5) is 2.35. The van der Waals surface area contributed by atoms with Gasteiger partial charge in [-0.15, -0.1) is 0 Å². The molecule has 282 valence electrons. The van der Waals surface area contributed by atoms with Crippen molar-refractivity contribution in [3.8, 4) is 0 Å². The van der Waals surface area contributed by atoms with E-state index >= 15 is 0 Å². The van der Waals surface area contributed by atoms with Crippen molar-refractivity contribution in [1.82, 2.24) is 4.90 Å². The van der Waals surface area contributed by atoms with Crippen molar-refractivity contribution in [2.24, 2.45) is 17.8 Å².